The van der Waals surface area contributed by atoms with Gasteiger partial charge in [-0.25, -0.2) is 4.79 Å². The van der Waals surface area contributed by atoms with Gasteiger partial charge in [0.05, 0.1) is 5.69 Å². The number of esters is 1. The molecule has 1 aromatic rings. The topological polar surface area (TPSA) is 81.0 Å². The van der Waals surface area contributed by atoms with E-state index in [0.717, 1.165) is 0 Å². The van der Waals surface area contributed by atoms with E-state index in [0.29, 0.717) is 5.69 Å². The molecule has 0 saturated carbocycles. The molecule has 1 aromatic heterocycles. The van der Waals surface area contributed by atoms with Crippen molar-refractivity contribution in [1.82, 2.24) is 10.2 Å². The number of nitrogen functional groups attached to an aromatic ring is 1. The molecule has 0 aliphatic carbocycles. The number of ether oxygens (including phenoxy) is 1. The summed E-state index contributed by atoms with van der Waals surface area (Å²) in [6, 6.07) is 0. The summed E-state index contributed by atoms with van der Waals surface area (Å²) in [5.41, 5.74) is 5.37. The Morgan fingerprint density at radius 1 is 1.62 bits per heavy atom. The minimum atomic E-state index is -0.525. The van der Waals surface area contributed by atoms with Crippen molar-refractivity contribution in [3.05, 3.63) is 11.9 Å². The Hall–Kier alpha value is -1.52. The SMILES string of the molecule is CC(C)(C)OC(=O)c1n[nH]cc1N. The summed E-state index contributed by atoms with van der Waals surface area (Å²) >= 11 is 0. The molecule has 0 atom stereocenters. The molecule has 5 nitrogen and oxygen atoms in total. The Balaban J connectivity index is 2.76. The van der Waals surface area contributed by atoms with Crippen LogP contribution in [0.2, 0.25) is 0 Å². The first kappa shape index (κ1) is 9.57. The molecule has 3 N–H and O–H groups in total. The molecule has 1 heterocycles. The molecule has 0 aliphatic rings. The number of aromatic amines is 1. The second-order valence-electron chi connectivity index (χ2n) is 3.69. The minimum Gasteiger partial charge on any atom is -0.455 e. The van der Waals surface area contributed by atoms with Crippen molar-refractivity contribution in [3.8, 4) is 0 Å². The number of rotatable bonds is 1. The van der Waals surface area contributed by atoms with Gasteiger partial charge in [-0.1, -0.05) is 0 Å². The molecule has 5 heteroatoms. The Kier molecular flexibility index (Phi) is 2.27. The van der Waals surface area contributed by atoms with Crippen molar-refractivity contribution in [1.29, 1.82) is 0 Å². The number of carbonyl (C=O) groups is 1. The van der Waals surface area contributed by atoms with Gasteiger partial charge in [-0.3, -0.25) is 5.10 Å². The lowest BCUT2D eigenvalue weighted by atomic mass is 10.2. The van der Waals surface area contributed by atoms with Crippen molar-refractivity contribution < 1.29 is 9.53 Å². The summed E-state index contributed by atoms with van der Waals surface area (Å²) in [4.78, 5) is 11.4. The van der Waals surface area contributed by atoms with E-state index in [1.165, 1.54) is 6.20 Å². The van der Waals surface area contributed by atoms with E-state index < -0.39 is 11.6 Å². The van der Waals surface area contributed by atoms with Crippen LogP contribution < -0.4 is 5.73 Å². The third-order valence-electron chi connectivity index (χ3n) is 1.26. The van der Waals surface area contributed by atoms with Crippen LogP contribution in [0.4, 0.5) is 5.69 Å². The first-order valence-electron chi connectivity index (χ1n) is 3.93. The summed E-state index contributed by atoms with van der Waals surface area (Å²) in [6.45, 7) is 5.36. The second kappa shape index (κ2) is 3.08. The van der Waals surface area contributed by atoms with Gasteiger partial charge in [0.15, 0.2) is 5.69 Å². The van der Waals surface area contributed by atoms with E-state index in [2.05, 4.69) is 10.2 Å². The Labute approximate surface area is 76.3 Å². The number of hydrogen-bond acceptors (Lipinski definition) is 4. The quantitative estimate of drug-likeness (QED) is 0.635. The minimum absolute atomic E-state index is 0.134. The number of nitrogens with two attached hydrogens (primary N) is 1. The fourth-order valence-corrected chi connectivity index (χ4v) is 0.789. The van der Waals surface area contributed by atoms with Gasteiger partial charge in [-0.2, -0.15) is 5.10 Å². The molecule has 13 heavy (non-hydrogen) atoms. The Morgan fingerprint density at radius 2 is 2.23 bits per heavy atom. The highest BCUT2D eigenvalue weighted by atomic mass is 16.6. The van der Waals surface area contributed by atoms with Crippen LogP contribution >= 0.6 is 0 Å². The van der Waals surface area contributed by atoms with Gasteiger partial charge in [0.2, 0.25) is 0 Å². The average molecular weight is 183 g/mol. The zero-order valence-electron chi connectivity index (χ0n) is 7.92. The van der Waals surface area contributed by atoms with Gasteiger partial charge in [0.25, 0.3) is 0 Å². The number of anilines is 1. The van der Waals surface area contributed by atoms with Gasteiger partial charge >= 0.3 is 5.97 Å². The fraction of sp³-hybridized carbons (Fsp3) is 0.500. The summed E-state index contributed by atoms with van der Waals surface area (Å²) in [6.07, 6.45) is 1.44. The van der Waals surface area contributed by atoms with Gasteiger partial charge in [-0.05, 0) is 20.8 Å². The normalized spacial score (nSPS) is 11.3. The number of H-pyrrole nitrogens is 1. The molecule has 0 spiro atoms. The van der Waals surface area contributed by atoms with Crippen LogP contribution in [0.15, 0.2) is 6.20 Å². The fourth-order valence-electron chi connectivity index (χ4n) is 0.789. The van der Waals surface area contributed by atoms with Crippen LogP contribution in [0.3, 0.4) is 0 Å². The second-order valence-corrected chi connectivity index (χ2v) is 3.69. The Bertz CT molecular complexity index is 311. The zero-order chi connectivity index (χ0) is 10.1. The average Bonchev–Trinajstić information content (AvgIpc) is 2.30. The van der Waals surface area contributed by atoms with Crippen molar-refractivity contribution in [2.45, 2.75) is 26.4 Å². The van der Waals surface area contributed by atoms with Gasteiger partial charge < -0.3 is 10.5 Å². The molecule has 72 valence electrons. The molecule has 0 aromatic carbocycles. The third kappa shape index (κ3) is 2.47. The molecule has 0 radical (unpaired) electrons. The largest absolute Gasteiger partial charge is 0.455 e. The highest BCUT2D eigenvalue weighted by Crippen LogP contribution is 2.13. The first-order chi connectivity index (χ1) is 5.90. The number of aromatic nitrogens is 2. The maximum atomic E-state index is 11.4. The lowest BCUT2D eigenvalue weighted by molar-refractivity contribution is 0.00641. The number of nitrogens with zero attached hydrogens (tertiary/aromatic N) is 1. The molecule has 0 fully saturated rings. The molecule has 0 saturated heterocycles. The Morgan fingerprint density at radius 3 is 2.62 bits per heavy atom. The molecule has 0 amide bonds. The molecule has 0 aliphatic heterocycles. The maximum Gasteiger partial charge on any atom is 0.361 e. The van der Waals surface area contributed by atoms with Gasteiger partial charge in [0, 0.05) is 6.20 Å². The molecule has 1 rings (SSSR count). The van der Waals surface area contributed by atoms with E-state index in [9.17, 15) is 4.79 Å². The standard InChI is InChI=1S/C8H13N3O2/c1-8(2,3)13-7(12)6-5(9)4-10-11-6/h4H,9H2,1-3H3,(H,10,11). The van der Waals surface area contributed by atoms with E-state index in [4.69, 9.17) is 10.5 Å². The van der Waals surface area contributed by atoms with Crippen molar-refractivity contribution in [2.75, 3.05) is 5.73 Å². The zero-order valence-corrected chi connectivity index (χ0v) is 7.92. The molecular formula is C8H13N3O2. The van der Waals surface area contributed by atoms with Crippen molar-refractivity contribution in [3.63, 3.8) is 0 Å². The number of hydrogen-bond donors (Lipinski definition) is 2. The lowest BCUT2D eigenvalue weighted by Crippen LogP contribution is -2.24. The van der Waals surface area contributed by atoms with Crippen LogP contribution in [0.5, 0.6) is 0 Å². The van der Waals surface area contributed by atoms with E-state index in [1.54, 1.807) is 20.8 Å². The predicted octanol–water partition coefficient (Wildman–Crippen LogP) is 0.947. The van der Waals surface area contributed by atoms with Crippen LogP contribution in [0.25, 0.3) is 0 Å². The highest BCUT2D eigenvalue weighted by molar-refractivity contribution is 5.92. The lowest BCUT2D eigenvalue weighted by Gasteiger charge is -2.18. The third-order valence-corrected chi connectivity index (χ3v) is 1.26. The smallest absolute Gasteiger partial charge is 0.361 e. The summed E-state index contributed by atoms with van der Waals surface area (Å²) in [7, 11) is 0. The number of nitrogens with one attached hydrogen (secondary N) is 1. The van der Waals surface area contributed by atoms with Crippen LogP contribution in [0.1, 0.15) is 31.3 Å². The highest BCUT2D eigenvalue weighted by Gasteiger charge is 2.21. The molecule has 0 unspecified atom stereocenters. The summed E-state index contributed by atoms with van der Waals surface area (Å²) < 4.78 is 5.06. The molecular weight excluding hydrogens is 170 g/mol. The van der Waals surface area contributed by atoms with Crippen molar-refractivity contribution in [2.24, 2.45) is 0 Å². The van der Waals surface area contributed by atoms with Crippen molar-refractivity contribution >= 4 is 11.7 Å². The number of carbonyl (C=O) groups excluding carboxylic acids is 1. The van der Waals surface area contributed by atoms with E-state index in [-0.39, 0.29) is 5.69 Å². The van der Waals surface area contributed by atoms with Crippen LogP contribution in [0, 0.1) is 0 Å². The monoisotopic (exact) mass is 183 g/mol. The summed E-state index contributed by atoms with van der Waals surface area (Å²) in [5.74, 6) is -0.508. The van der Waals surface area contributed by atoms with E-state index >= 15 is 0 Å². The summed E-state index contributed by atoms with van der Waals surface area (Å²) in [5, 5.41) is 6.16. The molecule has 0 bridgehead atoms. The predicted molar refractivity (Wildman–Crippen MR) is 48.2 cm³/mol. The van der Waals surface area contributed by atoms with Crippen LogP contribution in [-0.2, 0) is 4.74 Å². The van der Waals surface area contributed by atoms with E-state index in [1.807, 2.05) is 0 Å². The first-order valence-corrected chi connectivity index (χ1v) is 3.93. The maximum absolute atomic E-state index is 11.4. The van der Waals surface area contributed by atoms with Gasteiger partial charge in [-0.15, -0.1) is 0 Å². The van der Waals surface area contributed by atoms with Gasteiger partial charge in [0.1, 0.15) is 5.60 Å². The van der Waals surface area contributed by atoms with Crippen LogP contribution in [-0.4, -0.2) is 21.8 Å².